The number of nitrogens with zero attached hydrogens (tertiary/aromatic N) is 2. The third-order valence-corrected chi connectivity index (χ3v) is 3.41. The van der Waals surface area contributed by atoms with Gasteiger partial charge >= 0.3 is 0 Å². The second kappa shape index (κ2) is 8.33. The van der Waals surface area contributed by atoms with E-state index in [1.54, 1.807) is 12.1 Å². The molecule has 0 amide bonds. The van der Waals surface area contributed by atoms with Gasteiger partial charge in [0.15, 0.2) is 5.96 Å². The Morgan fingerprint density at radius 1 is 1.50 bits per heavy atom. The summed E-state index contributed by atoms with van der Waals surface area (Å²) in [4.78, 5) is 14.8. The zero-order chi connectivity index (χ0) is 15.8. The predicted octanol–water partition coefficient (Wildman–Crippen LogP) is 1.83. The number of rotatable bonds is 6. The van der Waals surface area contributed by atoms with Crippen LogP contribution in [0.25, 0.3) is 0 Å². The number of aliphatic imine (C=N–C) groups is 1. The summed E-state index contributed by atoms with van der Waals surface area (Å²) in [5, 5.41) is 17.2. The van der Waals surface area contributed by atoms with Gasteiger partial charge in [-0.15, -0.1) is 0 Å². The van der Waals surface area contributed by atoms with Gasteiger partial charge in [-0.3, -0.25) is 10.1 Å². The molecule has 2 rings (SSSR count). The molecule has 1 aromatic carbocycles. The Morgan fingerprint density at radius 3 is 3.05 bits per heavy atom. The molecule has 1 aliphatic rings. The summed E-state index contributed by atoms with van der Waals surface area (Å²) in [6.07, 6.45) is 2.41. The monoisotopic (exact) mass is 306 g/mol. The normalized spacial score (nSPS) is 18.2. The van der Waals surface area contributed by atoms with E-state index < -0.39 is 4.92 Å². The molecule has 0 bridgehead atoms. The fourth-order valence-electron chi connectivity index (χ4n) is 2.30. The minimum absolute atomic E-state index is 0.0880. The van der Waals surface area contributed by atoms with Gasteiger partial charge in [0, 0.05) is 31.8 Å². The fraction of sp³-hybridized carbons (Fsp3) is 0.533. The van der Waals surface area contributed by atoms with Gasteiger partial charge < -0.3 is 15.4 Å². The quantitative estimate of drug-likeness (QED) is 0.362. The molecule has 0 saturated carbocycles. The lowest BCUT2D eigenvalue weighted by molar-refractivity contribution is -0.384. The number of nitrogens with one attached hydrogen (secondary N) is 2. The average molecular weight is 306 g/mol. The van der Waals surface area contributed by atoms with E-state index in [9.17, 15) is 10.1 Å². The maximum atomic E-state index is 10.8. The molecule has 1 unspecified atom stereocenters. The van der Waals surface area contributed by atoms with Crippen molar-refractivity contribution in [2.24, 2.45) is 4.99 Å². The number of benzene rings is 1. The van der Waals surface area contributed by atoms with Gasteiger partial charge in [0.05, 0.1) is 17.6 Å². The lowest BCUT2D eigenvalue weighted by Crippen LogP contribution is -2.41. The van der Waals surface area contributed by atoms with Gasteiger partial charge in [0.2, 0.25) is 0 Å². The Morgan fingerprint density at radius 2 is 2.36 bits per heavy atom. The molecular weight excluding hydrogens is 284 g/mol. The van der Waals surface area contributed by atoms with Crippen LogP contribution in [-0.4, -0.2) is 36.7 Å². The topological polar surface area (TPSA) is 88.8 Å². The van der Waals surface area contributed by atoms with Crippen molar-refractivity contribution < 1.29 is 9.66 Å². The summed E-state index contributed by atoms with van der Waals surface area (Å²) in [6.45, 7) is 4.69. The van der Waals surface area contributed by atoms with Crippen molar-refractivity contribution in [3.63, 3.8) is 0 Å². The number of guanidine groups is 1. The molecule has 1 saturated heterocycles. The van der Waals surface area contributed by atoms with Gasteiger partial charge in [-0.05, 0) is 25.3 Å². The summed E-state index contributed by atoms with van der Waals surface area (Å²) in [5.74, 6) is 0.699. The van der Waals surface area contributed by atoms with Crippen LogP contribution in [0.1, 0.15) is 25.3 Å². The van der Waals surface area contributed by atoms with E-state index in [0.29, 0.717) is 12.5 Å². The first-order chi connectivity index (χ1) is 10.7. The minimum atomic E-state index is -0.395. The lowest BCUT2D eigenvalue weighted by Gasteiger charge is -2.14. The van der Waals surface area contributed by atoms with Gasteiger partial charge in [-0.2, -0.15) is 0 Å². The highest BCUT2D eigenvalue weighted by Crippen LogP contribution is 2.14. The van der Waals surface area contributed by atoms with Gasteiger partial charge in [0.1, 0.15) is 0 Å². The molecule has 1 heterocycles. The second-order valence-corrected chi connectivity index (χ2v) is 5.14. The van der Waals surface area contributed by atoms with E-state index in [2.05, 4.69) is 15.6 Å². The van der Waals surface area contributed by atoms with E-state index in [1.165, 1.54) is 6.07 Å². The standard InChI is InChI=1S/C15H22N4O3/c1-2-16-15(18-11-14-7-4-8-22-14)17-10-12-5-3-6-13(9-12)19(20)21/h3,5-6,9,14H,2,4,7-8,10-11H2,1H3,(H2,16,17,18). The highest BCUT2D eigenvalue weighted by atomic mass is 16.6. The number of hydrogen-bond donors (Lipinski definition) is 2. The minimum Gasteiger partial charge on any atom is -0.376 e. The van der Waals surface area contributed by atoms with Crippen LogP contribution in [0.15, 0.2) is 29.3 Å². The van der Waals surface area contributed by atoms with E-state index in [1.807, 2.05) is 13.0 Å². The van der Waals surface area contributed by atoms with Crippen LogP contribution in [0.5, 0.6) is 0 Å². The van der Waals surface area contributed by atoms with E-state index in [-0.39, 0.29) is 11.8 Å². The van der Waals surface area contributed by atoms with Crippen LogP contribution in [0.2, 0.25) is 0 Å². The summed E-state index contributed by atoms with van der Waals surface area (Å²) >= 11 is 0. The number of non-ortho nitro benzene ring substituents is 1. The number of ether oxygens (including phenoxy) is 1. The van der Waals surface area contributed by atoms with Gasteiger partial charge in [0.25, 0.3) is 5.69 Å². The first-order valence-corrected chi connectivity index (χ1v) is 7.56. The molecular formula is C15H22N4O3. The largest absolute Gasteiger partial charge is 0.376 e. The van der Waals surface area contributed by atoms with E-state index >= 15 is 0 Å². The summed E-state index contributed by atoms with van der Waals surface area (Å²) < 4.78 is 5.57. The second-order valence-electron chi connectivity index (χ2n) is 5.14. The molecule has 22 heavy (non-hydrogen) atoms. The van der Waals surface area contributed by atoms with Crippen molar-refractivity contribution in [3.05, 3.63) is 39.9 Å². The van der Waals surface area contributed by atoms with Crippen LogP contribution in [-0.2, 0) is 11.3 Å². The number of hydrogen-bond acceptors (Lipinski definition) is 4. The Bertz CT molecular complexity index is 527. The number of nitro groups is 1. The van der Waals surface area contributed by atoms with Crippen molar-refractivity contribution in [1.82, 2.24) is 10.6 Å². The lowest BCUT2D eigenvalue weighted by atomic mass is 10.2. The van der Waals surface area contributed by atoms with Crippen molar-refractivity contribution in [1.29, 1.82) is 0 Å². The SMILES string of the molecule is CCNC(=NCc1cccc([N+](=O)[O-])c1)NCC1CCCO1. The molecule has 120 valence electrons. The molecule has 0 aliphatic carbocycles. The highest BCUT2D eigenvalue weighted by molar-refractivity contribution is 5.79. The molecule has 1 fully saturated rings. The van der Waals surface area contributed by atoms with E-state index in [4.69, 9.17) is 4.74 Å². The van der Waals surface area contributed by atoms with Crippen LogP contribution >= 0.6 is 0 Å². The third-order valence-electron chi connectivity index (χ3n) is 3.41. The smallest absolute Gasteiger partial charge is 0.269 e. The molecule has 1 atom stereocenters. The maximum Gasteiger partial charge on any atom is 0.269 e. The Labute approximate surface area is 129 Å². The molecule has 7 nitrogen and oxygen atoms in total. The first kappa shape index (κ1) is 16.2. The molecule has 0 radical (unpaired) electrons. The Hall–Kier alpha value is -2.15. The van der Waals surface area contributed by atoms with Crippen LogP contribution in [0.4, 0.5) is 5.69 Å². The van der Waals surface area contributed by atoms with Crippen molar-refractivity contribution in [3.8, 4) is 0 Å². The van der Waals surface area contributed by atoms with Crippen LogP contribution in [0.3, 0.4) is 0 Å². The maximum absolute atomic E-state index is 10.8. The predicted molar refractivity (Wildman–Crippen MR) is 84.9 cm³/mol. The molecule has 0 spiro atoms. The third kappa shape index (κ3) is 5.00. The van der Waals surface area contributed by atoms with Crippen molar-refractivity contribution in [2.75, 3.05) is 19.7 Å². The van der Waals surface area contributed by atoms with Crippen molar-refractivity contribution in [2.45, 2.75) is 32.4 Å². The molecule has 7 heteroatoms. The van der Waals surface area contributed by atoms with Crippen LogP contribution < -0.4 is 10.6 Å². The highest BCUT2D eigenvalue weighted by Gasteiger charge is 2.15. The summed E-state index contributed by atoms with van der Waals surface area (Å²) in [5.41, 5.74) is 0.897. The Kier molecular flexibility index (Phi) is 6.14. The zero-order valence-electron chi connectivity index (χ0n) is 12.7. The number of nitro benzene ring substituents is 1. The fourth-order valence-corrected chi connectivity index (χ4v) is 2.30. The summed E-state index contributed by atoms with van der Waals surface area (Å²) in [7, 11) is 0. The van der Waals surface area contributed by atoms with Crippen LogP contribution in [0, 0.1) is 10.1 Å². The first-order valence-electron chi connectivity index (χ1n) is 7.56. The van der Waals surface area contributed by atoms with Gasteiger partial charge in [-0.25, -0.2) is 4.99 Å². The van der Waals surface area contributed by atoms with Crippen molar-refractivity contribution >= 4 is 11.6 Å². The summed E-state index contributed by atoms with van der Waals surface area (Å²) in [6, 6.07) is 6.54. The molecule has 0 aromatic heterocycles. The zero-order valence-corrected chi connectivity index (χ0v) is 12.7. The molecule has 1 aliphatic heterocycles. The van der Waals surface area contributed by atoms with E-state index in [0.717, 1.165) is 38.1 Å². The molecule has 2 N–H and O–H groups in total. The van der Waals surface area contributed by atoms with Gasteiger partial charge in [-0.1, -0.05) is 12.1 Å². The Balaban J connectivity index is 1.93. The average Bonchev–Trinajstić information content (AvgIpc) is 3.03. The molecule has 1 aromatic rings.